The van der Waals surface area contributed by atoms with Crippen molar-refractivity contribution in [3.63, 3.8) is 0 Å². The summed E-state index contributed by atoms with van der Waals surface area (Å²) in [6.07, 6.45) is 1.72. The smallest absolute Gasteiger partial charge is 0.255 e. The zero-order valence-electron chi connectivity index (χ0n) is 17.1. The number of fused-ring (bicyclic) bond motifs is 3. The summed E-state index contributed by atoms with van der Waals surface area (Å²) in [4.78, 5) is 13.8. The van der Waals surface area contributed by atoms with Gasteiger partial charge in [0.2, 0.25) is 0 Å². The number of benzene rings is 2. The van der Waals surface area contributed by atoms with E-state index in [9.17, 15) is 4.79 Å². The van der Waals surface area contributed by atoms with Gasteiger partial charge < -0.3 is 20.9 Å². The number of primary amides is 1. The Morgan fingerprint density at radius 3 is 2.83 bits per heavy atom. The normalized spacial score (nSPS) is 23.8. The molecule has 0 unspecified atom stereocenters. The van der Waals surface area contributed by atoms with Crippen molar-refractivity contribution < 1.29 is 14.3 Å². The average Bonchev–Trinajstić information content (AvgIpc) is 2.71. The van der Waals surface area contributed by atoms with Gasteiger partial charge in [-0.2, -0.15) is 0 Å². The van der Waals surface area contributed by atoms with Crippen molar-refractivity contribution in [1.82, 2.24) is 4.90 Å². The second-order valence-electron chi connectivity index (χ2n) is 8.10. The molecule has 0 aromatic heterocycles. The molecular weight excluding hydrogens is 366 g/mol. The molecule has 0 spiro atoms. The first-order valence-electron chi connectivity index (χ1n) is 10.1. The molecule has 4 rings (SSSR count). The summed E-state index contributed by atoms with van der Waals surface area (Å²) >= 11 is 0. The minimum atomic E-state index is -0.497. The second kappa shape index (κ2) is 8.05. The molecule has 6 nitrogen and oxygen atoms in total. The molecule has 29 heavy (non-hydrogen) atoms. The lowest BCUT2D eigenvalue weighted by molar-refractivity contribution is -0.119. The highest BCUT2D eigenvalue weighted by atomic mass is 16.5. The molecule has 2 aliphatic heterocycles. The second-order valence-corrected chi connectivity index (χ2v) is 8.10. The first-order chi connectivity index (χ1) is 14.0. The third-order valence-corrected chi connectivity index (χ3v) is 6.20. The number of rotatable bonds is 5. The summed E-state index contributed by atoms with van der Waals surface area (Å²) < 4.78 is 11.2. The first kappa shape index (κ1) is 19.7. The van der Waals surface area contributed by atoms with Crippen molar-refractivity contribution in [1.29, 1.82) is 0 Å². The topological polar surface area (TPSA) is 90.8 Å². The van der Waals surface area contributed by atoms with Crippen LogP contribution in [-0.2, 0) is 11.2 Å². The van der Waals surface area contributed by atoms with Crippen molar-refractivity contribution in [2.75, 3.05) is 26.8 Å². The summed E-state index contributed by atoms with van der Waals surface area (Å²) in [5.74, 6) is 1.10. The number of ether oxygens (including phenoxy) is 2. The summed E-state index contributed by atoms with van der Waals surface area (Å²) in [6.45, 7) is 3.83. The molecule has 1 saturated heterocycles. The average molecular weight is 396 g/mol. The number of carbonyl (C=O) groups is 1. The van der Waals surface area contributed by atoms with Gasteiger partial charge in [0, 0.05) is 36.7 Å². The van der Waals surface area contributed by atoms with E-state index in [0.29, 0.717) is 17.4 Å². The number of methoxy groups -OCH3 is 1. The molecule has 2 aromatic rings. The minimum absolute atomic E-state index is 0.0843. The third kappa shape index (κ3) is 3.82. The number of piperidine rings is 1. The predicted octanol–water partition coefficient (Wildman–Crippen LogP) is 2.28. The van der Waals surface area contributed by atoms with Crippen molar-refractivity contribution in [2.45, 2.75) is 37.8 Å². The molecule has 0 saturated carbocycles. The summed E-state index contributed by atoms with van der Waals surface area (Å²) in [5, 5.41) is 0. The molecule has 0 radical (unpaired) electrons. The van der Waals surface area contributed by atoms with E-state index in [0.717, 1.165) is 31.5 Å². The van der Waals surface area contributed by atoms with Crippen LogP contribution in [0.1, 0.15) is 40.6 Å². The Balaban J connectivity index is 1.63. The van der Waals surface area contributed by atoms with E-state index in [2.05, 4.69) is 42.2 Å². The third-order valence-electron chi connectivity index (χ3n) is 6.20. The summed E-state index contributed by atoms with van der Waals surface area (Å²) in [7, 11) is 1.61. The van der Waals surface area contributed by atoms with E-state index >= 15 is 0 Å². The van der Waals surface area contributed by atoms with E-state index < -0.39 is 5.91 Å². The van der Waals surface area contributed by atoms with Crippen LogP contribution < -0.4 is 20.9 Å². The highest BCUT2D eigenvalue weighted by molar-refractivity contribution is 5.75. The Morgan fingerprint density at radius 2 is 2.10 bits per heavy atom. The van der Waals surface area contributed by atoms with Gasteiger partial charge in [0.25, 0.3) is 5.91 Å². The van der Waals surface area contributed by atoms with Crippen LogP contribution in [-0.4, -0.2) is 43.7 Å². The van der Waals surface area contributed by atoms with Crippen LogP contribution in [0.3, 0.4) is 0 Å². The van der Waals surface area contributed by atoms with E-state index in [1.165, 1.54) is 16.7 Å². The van der Waals surface area contributed by atoms with Crippen LogP contribution in [0.4, 0.5) is 0 Å². The highest BCUT2D eigenvalue weighted by Gasteiger charge is 2.39. The first-order valence-corrected chi connectivity index (χ1v) is 10.1. The molecule has 0 bridgehead atoms. The number of nitrogens with two attached hydrogens (primary N) is 2. The largest absolute Gasteiger partial charge is 0.493 e. The number of aryl methyl sites for hydroxylation is 1. The molecule has 154 valence electrons. The molecule has 1 amide bonds. The van der Waals surface area contributed by atoms with Gasteiger partial charge in [0.15, 0.2) is 18.1 Å². The van der Waals surface area contributed by atoms with Gasteiger partial charge in [-0.25, -0.2) is 0 Å². The lowest BCUT2D eigenvalue weighted by atomic mass is 9.78. The lowest BCUT2D eigenvalue weighted by Gasteiger charge is -2.46. The van der Waals surface area contributed by atoms with Crippen molar-refractivity contribution in [3.05, 3.63) is 58.7 Å². The van der Waals surface area contributed by atoms with E-state index in [-0.39, 0.29) is 18.7 Å². The van der Waals surface area contributed by atoms with Crippen LogP contribution in [0, 0.1) is 6.92 Å². The lowest BCUT2D eigenvalue weighted by Crippen LogP contribution is -2.49. The van der Waals surface area contributed by atoms with Gasteiger partial charge in [-0.05, 0) is 37.0 Å². The Kier molecular flexibility index (Phi) is 5.48. The SMILES string of the molecule is COc1ccc2c(c1OCC(N)=O)CCN1C[C@H](c3cccc(C)c3)[C@@H](N)C[C@@H]21. The van der Waals surface area contributed by atoms with Gasteiger partial charge in [0.05, 0.1) is 7.11 Å². The number of carbonyl (C=O) groups excluding carboxylic acids is 1. The maximum atomic E-state index is 11.2. The monoisotopic (exact) mass is 395 g/mol. The number of nitrogens with zero attached hydrogens (tertiary/aromatic N) is 1. The molecular formula is C23H29N3O3. The van der Waals surface area contributed by atoms with Crippen LogP contribution in [0.15, 0.2) is 36.4 Å². The summed E-state index contributed by atoms with van der Waals surface area (Å²) in [6, 6.07) is 13.0. The van der Waals surface area contributed by atoms with Crippen LogP contribution in [0.5, 0.6) is 11.5 Å². The van der Waals surface area contributed by atoms with Crippen LogP contribution in [0.25, 0.3) is 0 Å². The van der Waals surface area contributed by atoms with E-state index in [4.69, 9.17) is 20.9 Å². The minimum Gasteiger partial charge on any atom is -0.493 e. The number of hydrogen-bond donors (Lipinski definition) is 2. The molecule has 2 aliphatic rings. The standard InChI is InChI=1S/C23H29N3O3/c1-14-4-3-5-15(10-14)18-12-26-9-8-17-16(20(26)11-19(18)24)6-7-21(28-2)23(17)29-13-22(25)27/h3-7,10,18-20H,8-9,11-13,24H2,1-2H3,(H2,25,27)/t18-,19+,20+/m1/s1. The van der Waals surface area contributed by atoms with E-state index in [1.54, 1.807) is 7.11 Å². The van der Waals surface area contributed by atoms with Gasteiger partial charge in [-0.3, -0.25) is 9.69 Å². The highest BCUT2D eigenvalue weighted by Crippen LogP contribution is 2.45. The van der Waals surface area contributed by atoms with Gasteiger partial charge >= 0.3 is 0 Å². The van der Waals surface area contributed by atoms with Gasteiger partial charge in [-0.1, -0.05) is 35.9 Å². The maximum Gasteiger partial charge on any atom is 0.255 e. The fraction of sp³-hybridized carbons (Fsp3) is 0.435. The Morgan fingerprint density at radius 1 is 1.28 bits per heavy atom. The fourth-order valence-electron chi connectivity index (χ4n) is 4.82. The van der Waals surface area contributed by atoms with Gasteiger partial charge in [0.1, 0.15) is 0 Å². The van der Waals surface area contributed by atoms with Crippen LogP contribution in [0.2, 0.25) is 0 Å². The van der Waals surface area contributed by atoms with Crippen molar-refractivity contribution >= 4 is 5.91 Å². The Bertz CT molecular complexity index is 914. The molecule has 6 heteroatoms. The molecule has 2 heterocycles. The van der Waals surface area contributed by atoms with Crippen molar-refractivity contribution in [2.24, 2.45) is 11.5 Å². The number of amides is 1. The molecule has 0 aliphatic carbocycles. The molecule has 4 N–H and O–H groups in total. The van der Waals surface area contributed by atoms with Gasteiger partial charge in [-0.15, -0.1) is 0 Å². The van der Waals surface area contributed by atoms with Crippen molar-refractivity contribution in [3.8, 4) is 11.5 Å². The Hall–Kier alpha value is -2.57. The molecule has 2 aromatic carbocycles. The van der Waals surface area contributed by atoms with Crippen LogP contribution >= 0.6 is 0 Å². The quantitative estimate of drug-likeness (QED) is 0.811. The Labute approximate surface area is 171 Å². The zero-order chi connectivity index (χ0) is 20.5. The zero-order valence-corrected chi connectivity index (χ0v) is 17.1. The maximum absolute atomic E-state index is 11.2. The fourth-order valence-corrected chi connectivity index (χ4v) is 4.82. The van der Waals surface area contributed by atoms with E-state index in [1.807, 2.05) is 6.07 Å². The predicted molar refractivity (Wildman–Crippen MR) is 112 cm³/mol. The molecule has 1 fully saturated rings. The summed E-state index contributed by atoms with van der Waals surface area (Å²) in [5.41, 5.74) is 16.9. The number of hydrogen-bond acceptors (Lipinski definition) is 5. The molecule has 3 atom stereocenters.